The molecule has 9 heteroatoms. The summed E-state index contributed by atoms with van der Waals surface area (Å²) in [6, 6.07) is 22.5. The van der Waals surface area contributed by atoms with Gasteiger partial charge < -0.3 is 35.3 Å². The highest BCUT2D eigenvalue weighted by atomic mass is 16.5. The Kier molecular flexibility index (Phi) is 9.30. The highest BCUT2D eigenvalue weighted by molar-refractivity contribution is 5.87. The average molecular weight is 545 g/mol. The van der Waals surface area contributed by atoms with Crippen LogP contribution in [-0.4, -0.2) is 72.6 Å². The number of fused-ring (bicyclic) bond motifs is 1. The van der Waals surface area contributed by atoms with Crippen LogP contribution in [0.25, 0.3) is 10.9 Å². The van der Waals surface area contributed by atoms with Crippen LogP contribution >= 0.6 is 0 Å². The van der Waals surface area contributed by atoms with Crippen LogP contribution in [0.5, 0.6) is 11.5 Å². The molecule has 4 aromatic rings. The smallest absolute Gasteiger partial charge is 0.248 e. The molecule has 0 spiro atoms. The van der Waals surface area contributed by atoms with Crippen LogP contribution in [0.1, 0.15) is 17.2 Å². The van der Waals surface area contributed by atoms with E-state index >= 15 is 0 Å². The number of nitrogens with zero attached hydrogens (tertiary/aromatic N) is 1. The highest BCUT2D eigenvalue weighted by Crippen LogP contribution is 2.28. The number of benzene rings is 3. The van der Waals surface area contributed by atoms with E-state index in [1.165, 1.54) is 17.7 Å². The number of aromatic nitrogens is 1. The predicted octanol–water partition coefficient (Wildman–Crippen LogP) is 3.55. The molecule has 1 saturated heterocycles. The molecule has 0 bridgehead atoms. The van der Waals surface area contributed by atoms with E-state index in [4.69, 9.17) is 9.47 Å². The number of rotatable bonds is 12. The first kappa shape index (κ1) is 27.7. The van der Waals surface area contributed by atoms with Gasteiger partial charge in [0.25, 0.3) is 0 Å². The van der Waals surface area contributed by atoms with Gasteiger partial charge in [-0.1, -0.05) is 18.2 Å². The fraction of sp³-hybridized carbons (Fsp3) is 0.323. The van der Waals surface area contributed by atoms with Crippen LogP contribution in [0.2, 0.25) is 0 Å². The fourth-order valence-corrected chi connectivity index (χ4v) is 4.80. The van der Waals surface area contributed by atoms with Gasteiger partial charge in [0, 0.05) is 49.0 Å². The maximum Gasteiger partial charge on any atom is 0.248 e. The van der Waals surface area contributed by atoms with E-state index in [2.05, 4.69) is 44.8 Å². The second-order valence-corrected chi connectivity index (χ2v) is 9.90. The van der Waals surface area contributed by atoms with Crippen molar-refractivity contribution in [3.8, 4) is 11.5 Å². The SMILES string of the molecule is O=c1ccc2c([C@@H](O)CNCCc3ccc(Nc4ccc(OCCN5CCOCC5)cc4)cc3)ccc(O)c2[nH]1. The van der Waals surface area contributed by atoms with Crippen molar-refractivity contribution >= 4 is 22.3 Å². The third kappa shape index (κ3) is 7.40. The van der Waals surface area contributed by atoms with E-state index in [1.807, 2.05) is 24.3 Å². The number of aromatic amines is 1. The number of ether oxygens (including phenoxy) is 2. The van der Waals surface area contributed by atoms with Crippen LogP contribution in [0.15, 0.2) is 77.6 Å². The number of anilines is 2. The number of aliphatic hydroxyl groups is 1. The van der Waals surface area contributed by atoms with Gasteiger partial charge in [0.15, 0.2) is 0 Å². The number of aromatic hydroxyl groups is 1. The van der Waals surface area contributed by atoms with Crippen molar-refractivity contribution in [2.75, 3.05) is 57.9 Å². The van der Waals surface area contributed by atoms with Crippen molar-refractivity contribution in [1.29, 1.82) is 0 Å². The zero-order valence-corrected chi connectivity index (χ0v) is 22.4. The molecule has 5 N–H and O–H groups in total. The van der Waals surface area contributed by atoms with Gasteiger partial charge >= 0.3 is 0 Å². The van der Waals surface area contributed by atoms with E-state index in [9.17, 15) is 15.0 Å². The molecule has 210 valence electrons. The first-order chi connectivity index (χ1) is 19.5. The van der Waals surface area contributed by atoms with Crippen LogP contribution < -0.4 is 20.9 Å². The van der Waals surface area contributed by atoms with Crippen LogP contribution in [0.3, 0.4) is 0 Å². The van der Waals surface area contributed by atoms with E-state index in [-0.39, 0.29) is 11.3 Å². The molecule has 1 atom stereocenters. The maximum absolute atomic E-state index is 11.6. The van der Waals surface area contributed by atoms with Gasteiger partial charge in [0.1, 0.15) is 18.1 Å². The minimum atomic E-state index is -0.776. The molecule has 1 aromatic heterocycles. The first-order valence-electron chi connectivity index (χ1n) is 13.7. The summed E-state index contributed by atoms with van der Waals surface area (Å²) in [4.78, 5) is 16.6. The predicted molar refractivity (Wildman–Crippen MR) is 157 cm³/mol. The second-order valence-electron chi connectivity index (χ2n) is 9.90. The van der Waals surface area contributed by atoms with Crippen molar-refractivity contribution in [3.63, 3.8) is 0 Å². The normalized spacial score (nSPS) is 14.7. The first-order valence-corrected chi connectivity index (χ1v) is 13.7. The molecule has 0 aliphatic carbocycles. The third-order valence-electron chi connectivity index (χ3n) is 7.07. The van der Waals surface area contributed by atoms with Gasteiger partial charge in [-0.05, 0) is 72.6 Å². The Balaban J connectivity index is 1.04. The Morgan fingerprint density at radius 2 is 1.68 bits per heavy atom. The molecular formula is C31H36N4O5. The van der Waals surface area contributed by atoms with Crippen molar-refractivity contribution in [2.45, 2.75) is 12.5 Å². The van der Waals surface area contributed by atoms with Gasteiger partial charge in [-0.15, -0.1) is 0 Å². The number of morpholine rings is 1. The molecule has 40 heavy (non-hydrogen) atoms. The zero-order valence-electron chi connectivity index (χ0n) is 22.4. The van der Waals surface area contributed by atoms with Crippen molar-refractivity contribution < 1.29 is 19.7 Å². The quantitative estimate of drug-likeness (QED) is 0.172. The van der Waals surface area contributed by atoms with Gasteiger partial charge in [-0.2, -0.15) is 0 Å². The summed E-state index contributed by atoms with van der Waals surface area (Å²) in [5.41, 5.74) is 3.87. The fourth-order valence-electron chi connectivity index (χ4n) is 4.80. The summed E-state index contributed by atoms with van der Waals surface area (Å²) in [6.45, 7) is 6.15. The number of pyridine rings is 1. The minimum absolute atomic E-state index is 0.0179. The Labute approximate surface area is 233 Å². The van der Waals surface area contributed by atoms with Crippen LogP contribution in [-0.2, 0) is 11.2 Å². The van der Waals surface area contributed by atoms with Crippen LogP contribution in [0.4, 0.5) is 11.4 Å². The topological polar surface area (TPSA) is 119 Å². The van der Waals surface area contributed by atoms with Gasteiger partial charge in [-0.25, -0.2) is 0 Å². The summed E-state index contributed by atoms with van der Waals surface area (Å²) < 4.78 is 11.3. The number of hydrogen-bond donors (Lipinski definition) is 5. The number of nitrogens with one attached hydrogen (secondary N) is 3. The van der Waals surface area contributed by atoms with Gasteiger partial charge in [0.2, 0.25) is 5.56 Å². The lowest BCUT2D eigenvalue weighted by atomic mass is 10.0. The van der Waals surface area contributed by atoms with Crippen LogP contribution in [0, 0.1) is 0 Å². The monoisotopic (exact) mass is 544 g/mol. The third-order valence-corrected chi connectivity index (χ3v) is 7.07. The lowest BCUT2D eigenvalue weighted by Gasteiger charge is -2.26. The average Bonchev–Trinajstić information content (AvgIpc) is 2.98. The summed E-state index contributed by atoms with van der Waals surface area (Å²) in [5.74, 6) is 0.844. The largest absolute Gasteiger partial charge is 0.506 e. The molecule has 1 aliphatic rings. The molecule has 0 amide bonds. The Hall–Kier alpha value is -3.89. The summed E-state index contributed by atoms with van der Waals surface area (Å²) in [7, 11) is 0. The van der Waals surface area contributed by atoms with E-state index in [0.29, 0.717) is 36.2 Å². The van der Waals surface area contributed by atoms with E-state index in [0.717, 1.165) is 56.4 Å². The van der Waals surface area contributed by atoms with E-state index < -0.39 is 6.10 Å². The van der Waals surface area contributed by atoms with Crippen molar-refractivity contribution in [1.82, 2.24) is 15.2 Å². The summed E-state index contributed by atoms with van der Waals surface area (Å²) in [5, 5.41) is 28.1. The Bertz CT molecular complexity index is 1430. The summed E-state index contributed by atoms with van der Waals surface area (Å²) >= 11 is 0. The molecule has 0 radical (unpaired) electrons. The van der Waals surface area contributed by atoms with Crippen molar-refractivity contribution in [2.24, 2.45) is 0 Å². The molecule has 0 saturated carbocycles. The molecule has 5 rings (SSSR count). The van der Waals surface area contributed by atoms with Crippen molar-refractivity contribution in [3.05, 3.63) is 94.3 Å². The lowest BCUT2D eigenvalue weighted by molar-refractivity contribution is 0.0322. The lowest BCUT2D eigenvalue weighted by Crippen LogP contribution is -2.38. The molecule has 9 nitrogen and oxygen atoms in total. The molecule has 1 fully saturated rings. The molecule has 2 heterocycles. The van der Waals surface area contributed by atoms with Gasteiger partial charge in [-0.3, -0.25) is 9.69 Å². The number of phenols is 1. The Morgan fingerprint density at radius 1 is 0.950 bits per heavy atom. The number of phenolic OH excluding ortho intramolecular Hbond substituents is 1. The van der Waals surface area contributed by atoms with Gasteiger partial charge in [0.05, 0.1) is 24.8 Å². The molecule has 0 unspecified atom stereocenters. The maximum atomic E-state index is 11.6. The number of aliphatic hydroxyl groups excluding tert-OH is 1. The Morgan fingerprint density at radius 3 is 2.42 bits per heavy atom. The van der Waals surface area contributed by atoms with E-state index in [1.54, 1.807) is 12.1 Å². The molecule has 3 aromatic carbocycles. The zero-order chi connectivity index (χ0) is 27.7. The molecular weight excluding hydrogens is 508 g/mol. The number of H-pyrrole nitrogens is 1. The minimum Gasteiger partial charge on any atom is -0.506 e. The second kappa shape index (κ2) is 13.5. The summed E-state index contributed by atoms with van der Waals surface area (Å²) in [6.07, 6.45) is 0.0368. The highest BCUT2D eigenvalue weighted by Gasteiger charge is 2.14. The molecule has 1 aliphatic heterocycles. The number of hydrogen-bond acceptors (Lipinski definition) is 8. The standard InChI is InChI=1S/C31H36N4O5/c36-28-11-9-26(27-10-12-30(38)34-31(27)28)29(37)21-32-14-13-22-1-3-23(4-2-22)33-24-5-7-25(8-6-24)40-20-17-35-15-18-39-19-16-35/h1-12,29,32-33,36-37H,13-21H2,(H,34,38)/t29-/m0/s1.